The van der Waals surface area contributed by atoms with Gasteiger partial charge in [0, 0.05) is 0 Å². The summed E-state index contributed by atoms with van der Waals surface area (Å²) in [4.78, 5) is 0. The quantitative estimate of drug-likeness (QED) is 0.460. The number of aryl methyl sites for hydroxylation is 2. The summed E-state index contributed by atoms with van der Waals surface area (Å²) in [5, 5.41) is 0. The summed E-state index contributed by atoms with van der Waals surface area (Å²) in [6.45, 7) is 4.30. The fourth-order valence-corrected chi connectivity index (χ4v) is 1.08. The fraction of sp³-hybridized carbons (Fsp3) is 0.250. The average molecular weight is 129 g/mol. The Balaban J connectivity index is 3.25. The van der Waals surface area contributed by atoms with E-state index < -0.39 is 0 Å². The minimum atomic E-state index is 1.40. The van der Waals surface area contributed by atoms with E-state index in [1.807, 2.05) is 21.7 Å². The Morgan fingerprint density at radius 3 is 1.89 bits per heavy atom. The molecule has 0 amide bonds. The van der Waals surface area contributed by atoms with Crippen molar-refractivity contribution < 1.29 is 0 Å². The summed E-state index contributed by atoms with van der Waals surface area (Å²) >= 11 is 1.96. The molecule has 0 nitrogen and oxygen atoms in total. The van der Waals surface area contributed by atoms with Gasteiger partial charge in [0.15, 0.2) is 0 Å². The molecule has 0 spiro atoms. The van der Waals surface area contributed by atoms with Crippen LogP contribution in [0.4, 0.5) is 0 Å². The van der Waals surface area contributed by atoms with Crippen LogP contribution < -0.4 is 3.69 Å². The third-order valence-electron chi connectivity index (χ3n) is 1.64. The summed E-state index contributed by atoms with van der Waals surface area (Å²) < 4.78 is 1.44. The van der Waals surface area contributed by atoms with Crippen LogP contribution in [0.3, 0.4) is 0 Å². The Kier molecular flexibility index (Phi) is 2.14. The van der Waals surface area contributed by atoms with Crippen LogP contribution in [0.5, 0.6) is 0 Å². The van der Waals surface area contributed by atoms with Gasteiger partial charge in [-0.3, -0.25) is 0 Å². The summed E-state index contributed by atoms with van der Waals surface area (Å²) in [7, 11) is 0. The first-order chi connectivity index (χ1) is 4.22. The van der Waals surface area contributed by atoms with Gasteiger partial charge in [-0.15, -0.1) is 0 Å². The molecule has 0 aromatic heterocycles. The fourth-order valence-electron chi connectivity index (χ4n) is 0.849. The van der Waals surface area contributed by atoms with Crippen LogP contribution in [0.1, 0.15) is 11.1 Å². The van der Waals surface area contributed by atoms with Crippen molar-refractivity contribution in [1.82, 2.24) is 0 Å². The first kappa shape index (κ1) is 7.10. The van der Waals surface area contributed by atoms with Gasteiger partial charge in [-0.1, -0.05) is 0 Å². The zero-order valence-corrected chi connectivity index (χ0v) is 7.35. The van der Waals surface area contributed by atoms with Crippen LogP contribution in [0, 0.1) is 13.8 Å². The van der Waals surface area contributed by atoms with Gasteiger partial charge in [-0.05, 0) is 0 Å². The predicted octanol–water partition coefficient (Wildman–Crippen LogP) is 1.10. The third-order valence-corrected chi connectivity index (χ3v) is 2.76. The molecule has 0 aliphatic rings. The van der Waals surface area contributed by atoms with Crippen molar-refractivity contribution in [2.75, 3.05) is 0 Å². The van der Waals surface area contributed by atoms with E-state index in [4.69, 9.17) is 0 Å². The summed E-state index contributed by atoms with van der Waals surface area (Å²) in [5.41, 5.74) is 2.79. The van der Waals surface area contributed by atoms with Crippen LogP contribution in [-0.4, -0.2) is 21.7 Å². The predicted molar refractivity (Wildman–Crippen MR) is 41.3 cm³/mol. The molecule has 1 rings (SSSR count). The Morgan fingerprint density at radius 1 is 1.11 bits per heavy atom. The molecule has 0 N–H and O–H groups in total. The number of benzene rings is 1. The van der Waals surface area contributed by atoms with E-state index in [1.165, 1.54) is 14.8 Å². The van der Waals surface area contributed by atoms with E-state index in [9.17, 15) is 0 Å². The number of hydrogen-bond donors (Lipinski definition) is 0. The SMILES string of the molecule is Cc1cccc(C)[c]1[Mg+]. The second-order valence-corrected chi connectivity index (χ2v) is 3.08. The summed E-state index contributed by atoms with van der Waals surface area (Å²) in [5.74, 6) is 0. The third kappa shape index (κ3) is 1.46. The van der Waals surface area contributed by atoms with E-state index in [1.54, 1.807) is 0 Å². The number of rotatable bonds is 0. The van der Waals surface area contributed by atoms with Gasteiger partial charge in [0.25, 0.3) is 0 Å². The maximum atomic E-state index is 2.15. The van der Waals surface area contributed by atoms with E-state index in [0.29, 0.717) is 0 Å². The van der Waals surface area contributed by atoms with Crippen molar-refractivity contribution in [2.45, 2.75) is 13.8 Å². The Bertz CT molecular complexity index is 196. The second-order valence-electron chi connectivity index (χ2n) is 2.37. The Labute approximate surface area is 68.7 Å². The Hall–Kier alpha value is -0.0138. The van der Waals surface area contributed by atoms with Crippen LogP contribution in [0.25, 0.3) is 0 Å². The maximum absolute atomic E-state index is 2.15. The van der Waals surface area contributed by atoms with Crippen LogP contribution in [-0.2, 0) is 0 Å². The molecule has 0 radical (unpaired) electrons. The molecule has 0 bridgehead atoms. The monoisotopic (exact) mass is 129 g/mol. The van der Waals surface area contributed by atoms with Crippen molar-refractivity contribution in [3.8, 4) is 0 Å². The Morgan fingerprint density at radius 2 is 1.56 bits per heavy atom. The van der Waals surface area contributed by atoms with Crippen LogP contribution in [0.2, 0.25) is 0 Å². The van der Waals surface area contributed by atoms with Gasteiger partial charge in [-0.25, -0.2) is 0 Å². The van der Waals surface area contributed by atoms with E-state index in [0.717, 1.165) is 0 Å². The van der Waals surface area contributed by atoms with Gasteiger partial charge >= 0.3 is 68.6 Å². The first-order valence-electron chi connectivity index (χ1n) is 3.10. The molecule has 0 aliphatic carbocycles. The molecule has 1 aromatic carbocycles. The molecule has 9 heavy (non-hydrogen) atoms. The van der Waals surface area contributed by atoms with Crippen molar-refractivity contribution in [3.63, 3.8) is 0 Å². The summed E-state index contributed by atoms with van der Waals surface area (Å²) in [6.07, 6.45) is 0. The van der Waals surface area contributed by atoms with E-state index in [2.05, 4.69) is 32.0 Å². The van der Waals surface area contributed by atoms with Crippen LogP contribution >= 0.6 is 0 Å². The molecule has 42 valence electrons. The normalized spacial score (nSPS) is 9.78. The molecule has 0 heterocycles. The standard InChI is InChI=1S/C8H9.Mg/c1-7-4-3-5-8(2)6-7;/h3-5H,1-2H3;/q;+1. The van der Waals surface area contributed by atoms with Gasteiger partial charge < -0.3 is 0 Å². The zero-order valence-electron chi connectivity index (χ0n) is 5.94. The number of hydrogen-bond acceptors (Lipinski definition) is 0. The van der Waals surface area contributed by atoms with Crippen molar-refractivity contribution >= 4 is 25.4 Å². The molecular weight excluding hydrogens is 120 g/mol. The molecule has 0 aliphatic heterocycles. The molecule has 0 atom stereocenters. The summed E-state index contributed by atoms with van der Waals surface area (Å²) in [6, 6.07) is 6.40. The molecular formula is C8H9Mg+. The van der Waals surface area contributed by atoms with Crippen molar-refractivity contribution in [1.29, 1.82) is 0 Å². The topological polar surface area (TPSA) is 0 Å². The zero-order chi connectivity index (χ0) is 6.85. The van der Waals surface area contributed by atoms with Crippen molar-refractivity contribution in [2.24, 2.45) is 0 Å². The van der Waals surface area contributed by atoms with E-state index in [-0.39, 0.29) is 0 Å². The second kappa shape index (κ2) is 2.71. The van der Waals surface area contributed by atoms with Gasteiger partial charge in [-0.2, -0.15) is 0 Å². The van der Waals surface area contributed by atoms with E-state index >= 15 is 0 Å². The molecule has 0 unspecified atom stereocenters. The van der Waals surface area contributed by atoms with Gasteiger partial charge in [0.2, 0.25) is 0 Å². The molecule has 1 heteroatoms. The van der Waals surface area contributed by atoms with Gasteiger partial charge in [0.05, 0.1) is 0 Å². The average Bonchev–Trinajstić information content (AvgIpc) is 1.83. The first-order valence-corrected chi connectivity index (χ1v) is 3.80. The molecule has 0 fully saturated rings. The van der Waals surface area contributed by atoms with Crippen molar-refractivity contribution in [3.05, 3.63) is 29.3 Å². The minimum absolute atomic E-state index is 1.40. The van der Waals surface area contributed by atoms with Gasteiger partial charge in [0.1, 0.15) is 0 Å². The van der Waals surface area contributed by atoms with Crippen LogP contribution in [0.15, 0.2) is 18.2 Å². The molecule has 1 aromatic rings. The molecule has 0 saturated carbocycles. The molecule has 0 saturated heterocycles.